The molecule has 2 atom stereocenters. The molecule has 1 nitrogen and oxygen atoms in total. The van der Waals surface area contributed by atoms with Gasteiger partial charge in [0, 0.05) is 0 Å². The van der Waals surface area contributed by atoms with E-state index in [0.717, 1.165) is 18.6 Å². The van der Waals surface area contributed by atoms with Crippen LogP contribution in [0.4, 0.5) is 0 Å². The van der Waals surface area contributed by atoms with E-state index in [-0.39, 0.29) is 5.38 Å². The second-order valence-corrected chi connectivity index (χ2v) is 5.55. The van der Waals surface area contributed by atoms with Gasteiger partial charge in [-0.3, -0.25) is 0 Å². The highest BCUT2D eigenvalue weighted by molar-refractivity contribution is 6.21. The molecule has 3 rings (SSSR count). The van der Waals surface area contributed by atoms with Crippen molar-refractivity contribution < 1.29 is 4.74 Å². The van der Waals surface area contributed by atoms with Crippen LogP contribution in [-0.2, 0) is 12.8 Å². The second-order valence-electron chi connectivity index (χ2n) is 5.08. The molecule has 0 fully saturated rings. The molecule has 0 spiro atoms. The Morgan fingerprint density at radius 1 is 1.11 bits per heavy atom. The van der Waals surface area contributed by atoms with Crippen LogP contribution in [0, 0.1) is 5.92 Å². The van der Waals surface area contributed by atoms with Crippen LogP contribution in [0.3, 0.4) is 0 Å². The van der Waals surface area contributed by atoms with Crippen molar-refractivity contribution >= 4 is 11.6 Å². The molecular weight excluding hydrogens is 256 g/mol. The van der Waals surface area contributed by atoms with Crippen LogP contribution >= 0.6 is 11.6 Å². The Hall–Kier alpha value is -1.47. The number of para-hydroxylation sites is 1. The highest BCUT2D eigenvalue weighted by Gasteiger charge is 2.31. The zero-order valence-electron chi connectivity index (χ0n) is 11.0. The summed E-state index contributed by atoms with van der Waals surface area (Å²) in [5.41, 5.74) is 3.93. The van der Waals surface area contributed by atoms with Gasteiger partial charge in [-0.05, 0) is 41.5 Å². The third-order valence-electron chi connectivity index (χ3n) is 3.92. The number of fused-ring (bicyclic) bond motifs is 1. The standard InChI is InChI=1S/C17H17ClO/c1-19-16-9-5-3-7-13(16)11-14-10-12-6-2-4-8-15(12)17(14)18/h2-9,14,17H,10-11H2,1H3. The van der Waals surface area contributed by atoms with Gasteiger partial charge >= 0.3 is 0 Å². The SMILES string of the molecule is COc1ccccc1CC1Cc2ccccc2C1Cl. The minimum Gasteiger partial charge on any atom is -0.496 e. The van der Waals surface area contributed by atoms with Crippen LogP contribution < -0.4 is 4.74 Å². The maximum atomic E-state index is 6.61. The molecule has 0 aliphatic heterocycles. The van der Waals surface area contributed by atoms with Crippen molar-refractivity contribution in [3.8, 4) is 5.75 Å². The summed E-state index contributed by atoms with van der Waals surface area (Å²) in [6.07, 6.45) is 2.02. The van der Waals surface area contributed by atoms with E-state index in [9.17, 15) is 0 Å². The van der Waals surface area contributed by atoms with E-state index in [1.807, 2.05) is 12.1 Å². The smallest absolute Gasteiger partial charge is 0.122 e. The van der Waals surface area contributed by atoms with Crippen molar-refractivity contribution in [3.63, 3.8) is 0 Å². The fourth-order valence-corrected chi connectivity index (χ4v) is 3.35. The van der Waals surface area contributed by atoms with Crippen molar-refractivity contribution in [2.75, 3.05) is 7.11 Å². The number of methoxy groups -OCH3 is 1. The zero-order chi connectivity index (χ0) is 13.2. The van der Waals surface area contributed by atoms with Crippen LogP contribution in [0.1, 0.15) is 22.1 Å². The molecule has 0 saturated carbocycles. The first-order valence-electron chi connectivity index (χ1n) is 6.63. The first kappa shape index (κ1) is 12.6. The van der Waals surface area contributed by atoms with Gasteiger partial charge in [-0.2, -0.15) is 0 Å². The Bertz CT molecular complexity index is 579. The minimum absolute atomic E-state index is 0.112. The molecule has 0 N–H and O–H groups in total. The van der Waals surface area contributed by atoms with E-state index in [1.165, 1.54) is 16.7 Å². The average molecular weight is 273 g/mol. The summed E-state index contributed by atoms with van der Waals surface area (Å²) in [5, 5.41) is 0.112. The van der Waals surface area contributed by atoms with Crippen molar-refractivity contribution in [2.24, 2.45) is 5.92 Å². The second kappa shape index (κ2) is 5.26. The normalized spacial score (nSPS) is 21.2. The average Bonchev–Trinajstić information content (AvgIpc) is 2.77. The molecule has 1 aliphatic carbocycles. The predicted molar refractivity (Wildman–Crippen MR) is 78.9 cm³/mol. The Labute approximate surface area is 119 Å². The van der Waals surface area contributed by atoms with Crippen LogP contribution in [-0.4, -0.2) is 7.11 Å². The van der Waals surface area contributed by atoms with Gasteiger partial charge in [0.1, 0.15) is 5.75 Å². The topological polar surface area (TPSA) is 9.23 Å². The Kier molecular flexibility index (Phi) is 3.48. The van der Waals surface area contributed by atoms with E-state index in [1.54, 1.807) is 7.11 Å². The molecule has 0 saturated heterocycles. The van der Waals surface area contributed by atoms with Crippen LogP contribution in [0.5, 0.6) is 5.75 Å². The van der Waals surface area contributed by atoms with Crippen LogP contribution in [0.2, 0.25) is 0 Å². The van der Waals surface area contributed by atoms with Gasteiger partial charge in [0.15, 0.2) is 0 Å². The van der Waals surface area contributed by atoms with Gasteiger partial charge in [-0.15, -0.1) is 11.6 Å². The fraction of sp³-hybridized carbons (Fsp3) is 0.294. The Morgan fingerprint density at radius 2 is 1.84 bits per heavy atom. The minimum atomic E-state index is 0.112. The number of benzene rings is 2. The van der Waals surface area contributed by atoms with E-state index < -0.39 is 0 Å². The lowest BCUT2D eigenvalue weighted by Gasteiger charge is -2.16. The lowest BCUT2D eigenvalue weighted by Crippen LogP contribution is -2.07. The maximum absolute atomic E-state index is 6.61. The Balaban J connectivity index is 1.83. The van der Waals surface area contributed by atoms with Gasteiger partial charge in [0.25, 0.3) is 0 Å². The molecule has 0 aromatic heterocycles. The van der Waals surface area contributed by atoms with E-state index in [4.69, 9.17) is 16.3 Å². The van der Waals surface area contributed by atoms with Crippen LogP contribution in [0.25, 0.3) is 0 Å². The molecule has 0 radical (unpaired) electrons. The lowest BCUT2D eigenvalue weighted by molar-refractivity contribution is 0.404. The van der Waals surface area contributed by atoms with Crippen molar-refractivity contribution in [1.29, 1.82) is 0 Å². The highest BCUT2D eigenvalue weighted by atomic mass is 35.5. The highest BCUT2D eigenvalue weighted by Crippen LogP contribution is 2.42. The number of hydrogen-bond acceptors (Lipinski definition) is 1. The van der Waals surface area contributed by atoms with Crippen LogP contribution in [0.15, 0.2) is 48.5 Å². The van der Waals surface area contributed by atoms with Gasteiger partial charge in [-0.1, -0.05) is 42.5 Å². The third-order valence-corrected chi connectivity index (χ3v) is 4.51. The fourth-order valence-electron chi connectivity index (χ4n) is 2.96. The maximum Gasteiger partial charge on any atom is 0.122 e. The van der Waals surface area contributed by atoms with Crippen molar-refractivity contribution in [2.45, 2.75) is 18.2 Å². The number of hydrogen-bond donors (Lipinski definition) is 0. The van der Waals surface area contributed by atoms with Gasteiger partial charge < -0.3 is 4.74 Å². The van der Waals surface area contributed by atoms with Gasteiger partial charge in [0.05, 0.1) is 12.5 Å². The molecule has 19 heavy (non-hydrogen) atoms. The molecule has 0 bridgehead atoms. The molecule has 1 aliphatic rings. The molecule has 2 heteroatoms. The molecule has 2 aromatic carbocycles. The van der Waals surface area contributed by atoms with Gasteiger partial charge in [-0.25, -0.2) is 0 Å². The number of halogens is 1. The molecule has 0 heterocycles. The largest absolute Gasteiger partial charge is 0.496 e. The monoisotopic (exact) mass is 272 g/mol. The molecule has 2 unspecified atom stereocenters. The Morgan fingerprint density at radius 3 is 2.63 bits per heavy atom. The zero-order valence-corrected chi connectivity index (χ0v) is 11.7. The molecule has 2 aromatic rings. The number of ether oxygens (including phenoxy) is 1. The summed E-state index contributed by atoms with van der Waals surface area (Å²) in [5.74, 6) is 1.41. The first-order chi connectivity index (χ1) is 9.29. The van der Waals surface area contributed by atoms with E-state index in [0.29, 0.717) is 5.92 Å². The molecular formula is C17H17ClO. The summed E-state index contributed by atoms with van der Waals surface area (Å²) in [6.45, 7) is 0. The van der Waals surface area contributed by atoms with Crippen molar-refractivity contribution in [1.82, 2.24) is 0 Å². The number of alkyl halides is 1. The number of rotatable bonds is 3. The summed E-state index contributed by atoms with van der Waals surface area (Å²) < 4.78 is 5.42. The quantitative estimate of drug-likeness (QED) is 0.753. The van der Waals surface area contributed by atoms with Gasteiger partial charge in [0.2, 0.25) is 0 Å². The van der Waals surface area contributed by atoms with E-state index >= 15 is 0 Å². The summed E-state index contributed by atoms with van der Waals surface area (Å²) >= 11 is 6.61. The van der Waals surface area contributed by atoms with Crippen molar-refractivity contribution in [3.05, 3.63) is 65.2 Å². The predicted octanol–water partition coefficient (Wildman–Crippen LogP) is 4.39. The molecule has 98 valence electrons. The summed E-state index contributed by atoms with van der Waals surface area (Å²) in [4.78, 5) is 0. The molecule has 0 amide bonds. The summed E-state index contributed by atoms with van der Waals surface area (Å²) in [6, 6.07) is 16.7. The summed E-state index contributed by atoms with van der Waals surface area (Å²) in [7, 11) is 1.72. The lowest BCUT2D eigenvalue weighted by atomic mass is 9.96. The first-order valence-corrected chi connectivity index (χ1v) is 7.07. The van der Waals surface area contributed by atoms with E-state index in [2.05, 4.69) is 36.4 Å². The third kappa shape index (κ3) is 2.35.